The maximum absolute atomic E-state index is 13.9. The monoisotopic (exact) mass is 464 g/mol. The van der Waals surface area contributed by atoms with Crippen LogP contribution in [0, 0.1) is 11.7 Å². The first-order valence-electron chi connectivity index (χ1n) is 11.9. The summed E-state index contributed by atoms with van der Waals surface area (Å²) < 4.78 is 19.8. The average molecular weight is 465 g/mol. The van der Waals surface area contributed by atoms with Gasteiger partial charge in [0.25, 0.3) is 5.91 Å². The van der Waals surface area contributed by atoms with Crippen LogP contribution >= 0.6 is 0 Å². The smallest absolute Gasteiger partial charge is 0.254 e. The second kappa shape index (κ2) is 10.8. The molecule has 0 saturated carbocycles. The van der Waals surface area contributed by atoms with Crippen molar-refractivity contribution < 1.29 is 13.7 Å². The van der Waals surface area contributed by atoms with Crippen LogP contribution in [-0.4, -0.2) is 60.6 Å². The van der Waals surface area contributed by atoms with Gasteiger partial charge in [-0.2, -0.15) is 0 Å². The Balaban J connectivity index is 1.71. The third-order valence-electron chi connectivity index (χ3n) is 6.29. The molecule has 1 fully saturated rings. The molecule has 1 aromatic heterocycles. The Morgan fingerprint density at radius 2 is 1.82 bits per heavy atom. The molecule has 3 aromatic rings. The zero-order valence-electron chi connectivity index (χ0n) is 20.2. The van der Waals surface area contributed by atoms with Crippen molar-refractivity contribution in [2.45, 2.75) is 26.8 Å². The molecule has 7 heteroatoms. The molecule has 1 aliphatic rings. The Morgan fingerprint density at radius 1 is 1.09 bits per heavy atom. The van der Waals surface area contributed by atoms with Gasteiger partial charge in [0, 0.05) is 43.9 Å². The summed E-state index contributed by atoms with van der Waals surface area (Å²) >= 11 is 0. The van der Waals surface area contributed by atoms with Crippen molar-refractivity contribution in [2.75, 3.05) is 44.7 Å². The van der Waals surface area contributed by atoms with E-state index in [-0.39, 0.29) is 5.91 Å². The molecule has 1 aliphatic heterocycles. The number of amides is 1. The topological polar surface area (TPSA) is 52.8 Å². The van der Waals surface area contributed by atoms with Crippen LogP contribution in [0.1, 0.15) is 36.2 Å². The summed E-state index contributed by atoms with van der Waals surface area (Å²) in [5, 5.41) is 4.45. The van der Waals surface area contributed by atoms with Gasteiger partial charge in [-0.05, 0) is 37.6 Å². The van der Waals surface area contributed by atoms with Gasteiger partial charge < -0.3 is 19.2 Å². The highest BCUT2D eigenvalue weighted by Gasteiger charge is 2.28. The first-order valence-corrected chi connectivity index (χ1v) is 11.9. The quantitative estimate of drug-likeness (QED) is 0.474. The lowest BCUT2D eigenvalue weighted by Crippen LogP contribution is -2.45. The van der Waals surface area contributed by atoms with Crippen molar-refractivity contribution in [3.8, 4) is 11.3 Å². The summed E-state index contributed by atoms with van der Waals surface area (Å²) in [5.74, 6) is 0.539. The zero-order valence-corrected chi connectivity index (χ0v) is 20.2. The minimum atomic E-state index is -0.414. The number of hydrogen-bond acceptors (Lipinski definition) is 5. The molecular weight excluding hydrogens is 431 g/mol. The van der Waals surface area contributed by atoms with Crippen LogP contribution in [0.4, 0.5) is 10.3 Å². The van der Waals surface area contributed by atoms with Gasteiger partial charge in [0.15, 0.2) is 0 Å². The van der Waals surface area contributed by atoms with E-state index < -0.39 is 5.82 Å². The van der Waals surface area contributed by atoms with Gasteiger partial charge in [0.2, 0.25) is 5.88 Å². The summed E-state index contributed by atoms with van der Waals surface area (Å²) in [4.78, 5) is 19.8. The van der Waals surface area contributed by atoms with Crippen molar-refractivity contribution >= 4 is 11.8 Å². The molecule has 2 aromatic carbocycles. The summed E-state index contributed by atoms with van der Waals surface area (Å²) in [5.41, 5.74) is 2.94. The maximum atomic E-state index is 13.9. The first kappa shape index (κ1) is 24.0. The Bertz CT molecular complexity index is 1090. The molecule has 0 atom stereocenters. The van der Waals surface area contributed by atoms with Crippen LogP contribution in [0.2, 0.25) is 0 Å². The van der Waals surface area contributed by atoms with Gasteiger partial charge in [-0.25, -0.2) is 4.39 Å². The van der Waals surface area contributed by atoms with Gasteiger partial charge in [-0.15, -0.1) is 0 Å². The second-order valence-electron chi connectivity index (χ2n) is 9.39. The van der Waals surface area contributed by atoms with E-state index in [1.165, 1.54) is 12.1 Å². The third-order valence-corrected chi connectivity index (χ3v) is 6.29. The Kier molecular flexibility index (Phi) is 7.63. The van der Waals surface area contributed by atoms with Gasteiger partial charge in [0.05, 0.1) is 12.1 Å². The molecule has 6 nitrogen and oxygen atoms in total. The number of hydrogen-bond donors (Lipinski definition) is 0. The van der Waals surface area contributed by atoms with Crippen molar-refractivity contribution in [1.29, 1.82) is 0 Å². The molecule has 1 amide bonds. The van der Waals surface area contributed by atoms with E-state index in [1.54, 1.807) is 17.0 Å². The van der Waals surface area contributed by atoms with Crippen molar-refractivity contribution in [3.05, 3.63) is 71.5 Å². The van der Waals surface area contributed by atoms with Crippen LogP contribution in [0.3, 0.4) is 0 Å². The van der Waals surface area contributed by atoms with E-state index >= 15 is 0 Å². The number of anilines is 1. The highest BCUT2D eigenvalue weighted by Crippen LogP contribution is 2.33. The minimum absolute atomic E-state index is 0.190. The summed E-state index contributed by atoms with van der Waals surface area (Å²) in [6, 6.07) is 15.8. The lowest BCUT2D eigenvalue weighted by molar-refractivity contribution is 0.0735. The van der Waals surface area contributed by atoms with Gasteiger partial charge in [0.1, 0.15) is 11.5 Å². The highest BCUT2D eigenvalue weighted by molar-refractivity contribution is 5.94. The standard InChI is InChI=1S/C27H33FN4O2/c1-20(2)12-13-32(26(33)22-10-7-11-23(28)18-22)19-24-25(21-8-5-4-6-9-21)29-34-27(24)31-16-14-30(3)15-17-31/h4-11,18,20H,12-17,19H2,1-3H3. The van der Waals surface area contributed by atoms with Gasteiger partial charge in [-0.1, -0.05) is 55.4 Å². The number of aromatic nitrogens is 1. The summed E-state index contributed by atoms with van der Waals surface area (Å²) in [7, 11) is 2.11. The second-order valence-corrected chi connectivity index (χ2v) is 9.39. The number of halogens is 1. The predicted molar refractivity (Wildman–Crippen MR) is 132 cm³/mol. The zero-order chi connectivity index (χ0) is 24.1. The summed E-state index contributed by atoms with van der Waals surface area (Å²) in [6.45, 7) is 8.70. The largest absolute Gasteiger partial charge is 0.338 e. The van der Waals surface area contributed by atoms with E-state index in [1.807, 2.05) is 30.3 Å². The van der Waals surface area contributed by atoms with E-state index in [0.717, 1.165) is 49.4 Å². The van der Waals surface area contributed by atoms with E-state index in [2.05, 4.69) is 35.9 Å². The van der Waals surface area contributed by atoms with Crippen LogP contribution in [0.5, 0.6) is 0 Å². The van der Waals surface area contributed by atoms with Gasteiger partial charge in [-0.3, -0.25) is 4.79 Å². The molecule has 34 heavy (non-hydrogen) atoms. The third kappa shape index (κ3) is 5.65. The summed E-state index contributed by atoms with van der Waals surface area (Å²) in [6.07, 6.45) is 0.844. The van der Waals surface area contributed by atoms with Crippen molar-refractivity contribution in [2.24, 2.45) is 5.92 Å². The maximum Gasteiger partial charge on any atom is 0.254 e. The molecule has 1 saturated heterocycles. The van der Waals surface area contributed by atoms with Crippen molar-refractivity contribution in [3.63, 3.8) is 0 Å². The fourth-order valence-corrected chi connectivity index (χ4v) is 4.19. The molecule has 180 valence electrons. The fourth-order valence-electron chi connectivity index (χ4n) is 4.19. The molecule has 0 bridgehead atoms. The number of nitrogens with zero attached hydrogens (tertiary/aromatic N) is 4. The number of rotatable bonds is 8. The number of benzene rings is 2. The van der Waals surface area contributed by atoms with E-state index in [0.29, 0.717) is 30.5 Å². The van der Waals surface area contributed by atoms with Crippen LogP contribution in [0.25, 0.3) is 11.3 Å². The molecule has 0 spiro atoms. The number of likely N-dealkylation sites (N-methyl/N-ethyl adjacent to an activating group) is 1. The number of carbonyl (C=O) groups excluding carboxylic acids is 1. The highest BCUT2D eigenvalue weighted by atomic mass is 19.1. The normalized spacial score (nSPS) is 14.6. The van der Waals surface area contributed by atoms with E-state index in [9.17, 15) is 9.18 Å². The average Bonchev–Trinajstić information content (AvgIpc) is 3.25. The Morgan fingerprint density at radius 3 is 2.50 bits per heavy atom. The Hall–Kier alpha value is -3.19. The number of piperazine rings is 1. The van der Waals surface area contributed by atoms with Crippen LogP contribution in [-0.2, 0) is 6.54 Å². The Labute approximate surface area is 200 Å². The molecular formula is C27H33FN4O2. The SMILES string of the molecule is CC(C)CCN(Cc1c(-c2ccccc2)noc1N1CCN(C)CC1)C(=O)c1cccc(F)c1. The lowest BCUT2D eigenvalue weighted by Gasteiger charge is -2.33. The molecule has 2 heterocycles. The lowest BCUT2D eigenvalue weighted by atomic mass is 10.0. The molecule has 0 radical (unpaired) electrons. The van der Waals surface area contributed by atoms with Crippen molar-refractivity contribution in [1.82, 2.24) is 15.0 Å². The van der Waals surface area contributed by atoms with Gasteiger partial charge >= 0.3 is 0 Å². The first-order chi connectivity index (χ1) is 16.4. The van der Waals surface area contributed by atoms with Crippen LogP contribution < -0.4 is 4.90 Å². The minimum Gasteiger partial charge on any atom is -0.338 e. The molecule has 0 N–H and O–H groups in total. The fraction of sp³-hybridized carbons (Fsp3) is 0.407. The molecule has 4 rings (SSSR count). The number of carbonyl (C=O) groups is 1. The van der Waals surface area contributed by atoms with E-state index in [4.69, 9.17) is 4.52 Å². The predicted octanol–water partition coefficient (Wildman–Crippen LogP) is 4.92. The molecule has 0 aliphatic carbocycles. The van der Waals surface area contributed by atoms with Crippen LogP contribution in [0.15, 0.2) is 59.1 Å². The molecule has 0 unspecified atom stereocenters.